The van der Waals surface area contributed by atoms with Gasteiger partial charge in [-0.25, -0.2) is 0 Å². The maximum Gasteiger partial charge on any atom is 0.0302 e. The lowest BCUT2D eigenvalue weighted by molar-refractivity contribution is 0.145. The zero-order chi connectivity index (χ0) is 12.5. The minimum atomic E-state index is 0.493. The molecule has 0 spiro atoms. The molecular formula is C15H25NS. The molecule has 1 nitrogen and oxygen atoms in total. The minimum absolute atomic E-state index is 0.493. The van der Waals surface area contributed by atoms with Gasteiger partial charge < -0.3 is 5.32 Å². The maximum absolute atomic E-state index is 3.81. The third-order valence-electron chi connectivity index (χ3n) is 3.92. The lowest BCUT2D eigenvalue weighted by Crippen LogP contribution is -2.41. The summed E-state index contributed by atoms with van der Waals surface area (Å²) in [6, 6.07) is 3.41. The van der Waals surface area contributed by atoms with Crippen LogP contribution in [0.25, 0.3) is 0 Å². The molecule has 2 heteroatoms. The number of thiophene rings is 1. The normalized spacial score (nSPS) is 30.1. The predicted octanol–water partition coefficient (Wildman–Crippen LogP) is 4.61. The van der Waals surface area contributed by atoms with E-state index in [0.717, 1.165) is 5.92 Å². The van der Waals surface area contributed by atoms with Gasteiger partial charge in [-0.1, -0.05) is 20.8 Å². The first-order valence-electron chi connectivity index (χ1n) is 6.74. The highest BCUT2D eigenvalue weighted by Crippen LogP contribution is 2.39. The Labute approximate surface area is 110 Å². The van der Waals surface area contributed by atoms with Crippen LogP contribution in [0.4, 0.5) is 0 Å². The smallest absolute Gasteiger partial charge is 0.0302 e. The Morgan fingerprint density at radius 1 is 1.41 bits per heavy atom. The van der Waals surface area contributed by atoms with Crippen LogP contribution in [0.3, 0.4) is 0 Å². The maximum atomic E-state index is 3.81. The third kappa shape index (κ3) is 3.56. The first kappa shape index (κ1) is 13.1. The van der Waals surface area contributed by atoms with Crippen molar-refractivity contribution < 1.29 is 0 Å². The van der Waals surface area contributed by atoms with Gasteiger partial charge in [-0.3, -0.25) is 0 Å². The van der Waals surface area contributed by atoms with Crippen molar-refractivity contribution in [1.29, 1.82) is 0 Å². The zero-order valence-electron chi connectivity index (χ0n) is 11.5. The molecule has 0 radical (unpaired) electrons. The van der Waals surface area contributed by atoms with Crippen molar-refractivity contribution in [1.82, 2.24) is 5.32 Å². The summed E-state index contributed by atoms with van der Waals surface area (Å²) in [5.74, 6) is 0.853. The molecule has 1 aromatic heterocycles. The monoisotopic (exact) mass is 251 g/mol. The Morgan fingerprint density at radius 2 is 2.18 bits per heavy atom. The SMILES string of the molecule is CC1CC(NC(C)c2ccsc2)CC(C)(C)C1. The van der Waals surface area contributed by atoms with Gasteiger partial charge in [0.15, 0.2) is 0 Å². The molecule has 1 N–H and O–H groups in total. The van der Waals surface area contributed by atoms with E-state index in [1.807, 2.05) is 0 Å². The molecule has 1 aromatic rings. The quantitative estimate of drug-likeness (QED) is 0.827. The van der Waals surface area contributed by atoms with E-state index >= 15 is 0 Å². The summed E-state index contributed by atoms with van der Waals surface area (Å²) in [4.78, 5) is 0. The predicted molar refractivity (Wildman–Crippen MR) is 76.5 cm³/mol. The van der Waals surface area contributed by atoms with Crippen LogP contribution in [0.1, 0.15) is 58.6 Å². The molecule has 96 valence electrons. The van der Waals surface area contributed by atoms with Crippen molar-refractivity contribution in [2.24, 2.45) is 11.3 Å². The summed E-state index contributed by atoms with van der Waals surface area (Å²) in [6.45, 7) is 9.50. The fraction of sp³-hybridized carbons (Fsp3) is 0.733. The van der Waals surface area contributed by atoms with Crippen molar-refractivity contribution in [3.8, 4) is 0 Å². The Balaban J connectivity index is 1.94. The second-order valence-electron chi connectivity index (χ2n) is 6.56. The summed E-state index contributed by atoms with van der Waals surface area (Å²) in [7, 11) is 0. The molecule has 3 unspecified atom stereocenters. The highest BCUT2D eigenvalue weighted by atomic mass is 32.1. The van der Waals surface area contributed by atoms with Crippen LogP contribution in [0.15, 0.2) is 16.8 Å². The Bertz CT molecular complexity index is 342. The van der Waals surface area contributed by atoms with Crippen LogP contribution in [-0.4, -0.2) is 6.04 Å². The molecule has 1 saturated carbocycles. The molecule has 1 heterocycles. The summed E-state index contributed by atoms with van der Waals surface area (Å²) in [5.41, 5.74) is 1.94. The van der Waals surface area contributed by atoms with Crippen LogP contribution in [-0.2, 0) is 0 Å². The topological polar surface area (TPSA) is 12.0 Å². The second-order valence-corrected chi connectivity index (χ2v) is 7.34. The first-order valence-corrected chi connectivity index (χ1v) is 7.69. The van der Waals surface area contributed by atoms with E-state index < -0.39 is 0 Å². The Hall–Kier alpha value is -0.340. The second kappa shape index (κ2) is 5.11. The van der Waals surface area contributed by atoms with E-state index in [2.05, 4.69) is 49.8 Å². The molecule has 3 atom stereocenters. The minimum Gasteiger partial charge on any atom is -0.307 e. The van der Waals surface area contributed by atoms with E-state index in [9.17, 15) is 0 Å². The van der Waals surface area contributed by atoms with Crippen LogP contribution in [0, 0.1) is 11.3 Å². The van der Waals surface area contributed by atoms with Gasteiger partial charge >= 0.3 is 0 Å². The molecule has 1 aliphatic carbocycles. The number of hydrogen-bond donors (Lipinski definition) is 1. The fourth-order valence-electron chi connectivity index (χ4n) is 3.44. The Kier molecular flexibility index (Phi) is 3.94. The standard InChI is InChI=1S/C15H25NS/c1-11-7-14(9-15(3,4)8-11)16-12(2)13-5-6-17-10-13/h5-6,10-12,14,16H,7-9H2,1-4H3. The van der Waals surface area contributed by atoms with Gasteiger partial charge in [0.1, 0.15) is 0 Å². The molecule has 1 aliphatic rings. The van der Waals surface area contributed by atoms with E-state index in [-0.39, 0.29) is 0 Å². The van der Waals surface area contributed by atoms with Gasteiger partial charge in [-0.05, 0) is 59.9 Å². The molecule has 1 fully saturated rings. The molecule has 0 aliphatic heterocycles. The number of nitrogens with one attached hydrogen (secondary N) is 1. The van der Waals surface area contributed by atoms with Crippen molar-refractivity contribution in [2.45, 2.75) is 59.0 Å². The van der Waals surface area contributed by atoms with E-state index in [1.165, 1.54) is 24.8 Å². The molecule has 0 aromatic carbocycles. The van der Waals surface area contributed by atoms with Crippen LogP contribution in [0.2, 0.25) is 0 Å². The molecule has 2 rings (SSSR count). The van der Waals surface area contributed by atoms with Crippen molar-refractivity contribution in [3.05, 3.63) is 22.4 Å². The van der Waals surface area contributed by atoms with Gasteiger partial charge in [-0.2, -0.15) is 11.3 Å². The van der Waals surface area contributed by atoms with Crippen molar-refractivity contribution in [2.75, 3.05) is 0 Å². The highest BCUT2D eigenvalue weighted by Gasteiger charge is 2.32. The van der Waals surface area contributed by atoms with E-state index in [0.29, 0.717) is 17.5 Å². The summed E-state index contributed by atoms with van der Waals surface area (Å²) < 4.78 is 0. The van der Waals surface area contributed by atoms with Crippen LogP contribution < -0.4 is 5.32 Å². The van der Waals surface area contributed by atoms with Gasteiger partial charge in [0, 0.05) is 12.1 Å². The zero-order valence-corrected chi connectivity index (χ0v) is 12.3. The molecule has 0 bridgehead atoms. The number of rotatable bonds is 3. The number of hydrogen-bond acceptors (Lipinski definition) is 2. The van der Waals surface area contributed by atoms with Crippen molar-refractivity contribution >= 4 is 11.3 Å². The average Bonchev–Trinajstić information content (AvgIpc) is 2.65. The van der Waals surface area contributed by atoms with E-state index in [4.69, 9.17) is 0 Å². The van der Waals surface area contributed by atoms with Gasteiger partial charge in [0.2, 0.25) is 0 Å². The first-order chi connectivity index (χ1) is 7.96. The Morgan fingerprint density at radius 3 is 2.76 bits per heavy atom. The lowest BCUT2D eigenvalue weighted by Gasteiger charge is -2.40. The third-order valence-corrected chi connectivity index (χ3v) is 4.62. The molecule has 17 heavy (non-hydrogen) atoms. The molecular weight excluding hydrogens is 226 g/mol. The summed E-state index contributed by atoms with van der Waals surface area (Å²) in [6.07, 6.45) is 4.02. The summed E-state index contributed by atoms with van der Waals surface area (Å²) in [5, 5.41) is 8.24. The van der Waals surface area contributed by atoms with Crippen LogP contribution >= 0.6 is 11.3 Å². The van der Waals surface area contributed by atoms with Gasteiger partial charge in [-0.15, -0.1) is 0 Å². The van der Waals surface area contributed by atoms with Crippen LogP contribution in [0.5, 0.6) is 0 Å². The van der Waals surface area contributed by atoms with Gasteiger partial charge in [0.05, 0.1) is 0 Å². The van der Waals surface area contributed by atoms with Crippen molar-refractivity contribution in [3.63, 3.8) is 0 Å². The largest absolute Gasteiger partial charge is 0.307 e. The average molecular weight is 251 g/mol. The molecule has 0 saturated heterocycles. The fourth-order valence-corrected chi connectivity index (χ4v) is 4.20. The lowest BCUT2D eigenvalue weighted by atomic mass is 9.70. The van der Waals surface area contributed by atoms with Gasteiger partial charge in [0.25, 0.3) is 0 Å². The van der Waals surface area contributed by atoms with E-state index in [1.54, 1.807) is 11.3 Å². The highest BCUT2D eigenvalue weighted by molar-refractivity contribution is 7.07. The molecule has 0 amide bonds. The summed E-state index contributed by atoms with van der Waals surface area (Å²) >= 11 is 1.79.